The average molecular weight is 407 g/mol. The molecular weight excluding hydrogens is 387 g/mol. The Morgan fingerprint density at radius 1 is 0.750 bits per heavy atom. The zero-order chi connectivity index (χ0) is 17.0. The molecule has 0 spiro atoms. The minimum atomic E-state index is 0.518. The lowest BCUT2D eigenvalue weighted by molar-refractivity contribution is 0.166. The van der Waals surface area contributed by atoms with Crippen molar-refractivity contribution < 1.29 is 9.47 Å². The highest BCUT2D eigenvalue weighted by Gasteiger charge is 2.10. The van der Waals surface area contributed by atoms with Gasteiger partial charge in [-0.25, -0.2) is 9.97 Å². The van der Waals surface area contributed by atoms with Crippen molar-refractivity contribution in [3.05, 3.63) is 24.3 Å². The van der Waals surface area contributed by atoms with Gasteiger partial charge in [0.05, 0.1) is 37.5 Å². The molecule has 0 aliphatic heterocycles. The van der Waals surface area contributed by atoms with Gasteiger partial charge in [-0.15, -0.1) is 46.7 Å². The van der Waals surface area contributed by atoms with E-state index in [1.165, 1.54) is 0 Å². The van der Waals surface area contributed by atoms with E-state index in [2.05, 4.69) is 0 Å². The second-order valence-electron chi connectivity index (χ2n) is 4.62. The summed E-state index contributed by atoms with van der Waals surface area (Å²) in [6.07, 6.45) is 0. The van der Waals surface area contributed by atoms with Crippen LogP contribution in [0.1, 0.15) is 0 Å². The summed E-state index contributed by atoms with van der Waals surface area (Å²) in [6.45, 7) is 2.44. The number of ether oxygens (including phenoxy) is 2. The van der Waals surface area contributed by atoms with Gasteiger partial charge >= 0.3 is 0 Å². The zero-order valence-electron chi connectivity index (χ0n) is 13.2. The molecule has 2 rings (SSSR count). The van der Waals surface area contributed by atoms with E-state index in [4.69, 9.17) is 42.6 Å². The predicted molar refractivity (Wildman–Crippen MR) is 104 cm³/mol. The van der Waals surface area contributed by atoms with E-state index >= 15 is 0 Å². The number of rotatable bonds is 12. The van der Waals surface area contributed by atoms with Gasteiger partial charge < -0.3 is 9.47 Å². The first-order valence-corrected chi connectivity index (χ1v) is 10.7. The number of hydrogen-bond donors (Lipinski definition) is 0. The largest absolute Gasteiger partial charge is 0.379 e. The molecule has 0 atom stereocenters. The van der Waals surface area contributed by atoms with E-state index in [1.54, 1.807) is 23.5 Å². The van der Waals surface area contributed by atoms with E-state index in [-0.39, 0.29) is 0 Å². The Morgan fingerprint density at radius 2 is 1.21 bits per heavy atom. The molecule has 0 aliphatic carbocycles. The van der Waals surface area contributed by atoms with Crippen LogP contribution in [0.25, 0.3) is 11.0 Å². The molecule has 0 amide bonds. The molecule has 0 bridgehead atoms. The van der Waals surface area contributed by atoms with Crippen molar-refractivity contribution >= 4 is 57.8 Å². The first kappa shape index (κ1) is 20.1. The van der Waals surface area contributed by atoms with Gasteiger partial charge in [-0.1, -0.05) is 12.1 Å². The Kier molecular flexibility index (Phi) is 10.2. The number of alkyl halides is 2. The number of benzene rings is 1. The lowest BCUT2D eigenvalue weighted by atomic mass is 10.3. The van der Waals surface area contributed by atoms with E-state index < -0.39 is 0 Å². The molecule has 0 saturated carbocycles. The third-order valence-electron chi connectivity index (χ3n) is 2.88. The van der Waals surface area contributed by atoms with Gasteiger partial charge in [-0.2, -0.15) is 0 Å². The fraction of sp³-hybridized carbons (Fsp3) is 0.500. The van der Waals surface area contributed by atoms with Crippen LogP contribution in [0.3, 0.4) is 0 Å². The van der Waals surface area contributed by atoms with Crippen LogP contribution in [-0.4, -0.2) is 59.7 Å². The van der Waals surface area contributed by atoms with Crippen molar-refractivity contribution in [1.29, 1.82) is 0 Å². The number of aromatic nitrogens is 2. The molecule has 1 aromatic carbocycles. The number of para-hydroxylation sites is 2. The molecule has 0 N–H and O–H groups in total. The summed E-state index contributed by atoms with van der Waals surface area (Å²) in [5.74, 6) is 2.67. The second-order valence-corrected chi connectivity index (χ2v) is 7.55. The summed E-state index contributed by atoms with van der Waals surface area (Å²) in [4.78, 5) is 9.49. The maximum absolute atomic E-state index is 5.60. The second kappa shape index (κ2) is 12.2. The quantitative estimate of drug-likeness (QED) is 0.297. The van der Waals surface area contributed by atoms with Gasteiger partial charge in [0.25, 0.3) is 0 Å². The molecular formula is C16H20Cl2N2O2S2. The number of nitrogens with zero attached hydrogens (tertiary/aromatic N) is 2. The van der Waals surface area contributed by atoms with Crippen molar-refractivity contribution in [1.82, 2.24) is 9.97 Å². The van der Waals surface area contributed by atoms with Crippen LogP contribution in [-0.2, 0) is 9.47 Å². The molecule has 24 heavy (non-hydrogen) atoms. The molecule has 4 nitrogen and oxygen atoms in total. The predicted octanol–water partition coefficient (Wildman–Crippen LogP) is 4.32. The van der Waals surface area contributed by atoms with Crippen LogP contribution < -0.4 is 0 Å². The molecule has 132 valence electrons. The number of thioether (sulfide) groups is 2. The standard InChI is InChI=1S/C16H20Cl2N2O2S2/c17-5-7-21-9-11-23-15-16(24-12-10-22-8-6-18)20-14-4-2-1-3-13(14)19-15/h1-4H,5-12H2. The minimum absolute atomic E-state index is 0.518. The Hall–Kier alpha value is -0.240. The SMILES string of the molecule is ClCCOCCSc1nc2ccccc2nc1SCCOCCCl. The molecule has 0 unspecified atom stereocenters. The smallest absolute Gasteiger partial charge is 0.129 e. The molecule has 0 fully saturated rings. The normalized spacial score (nSPS) is 11.2. The third kappa shape index (κ3) is 6.94. The Bertz CT molecular complexity index is 567. The first-order valence-electron chi connectivity index (χ1n) is 7.65. The van der Waals surface area contributed by atoms with Crippen molar-refractivity contribution in [2.75, 3.05) is 49.7 Å². The zero-order valence-corrected chi connectivity index (χ0v) is 16.4. The molecule has 0 aliphatic rings. The third-order valence-corrected chi connectivity index (χ3v) is 5.18. The molecule has 0 saturated heterocycles. The van der Waals surface area contributed by atoms with E-state index in [1.807, 2.05) is 24.3 Å². The van der Waals surface area contributed by atoms with Crippen LogP contribution in [0.2, 0.25) is 0 Å². The van der Waals surface area contributed by atoms with Crippen LogP contribution >= 0.6 is 46.7 Å². The van der Waals surface area contributed by atoms with Gasteiger partial charge in [0, 0.05) is 23.3 Å². The summed E-state index contributed by atoms with van der Waals surface area (Å²) < 4.78 is 10.8. The molecule has 8 heteroatoms. The summed E-state index contributed by atoms with van der Waals surface area (Å²) >= 11 is 14.5. The molecule has 1 aromatic heterocycles. The van der Waals surface area contributed by atoms with Gasteiger partial charge in [0.15, 0.2) is 0 Å². The van der Waals surface area contributed by atoms with Crippen LogP contribution in [0.5, 0.6) is 0 Å². The Balaban J connectivity index is 1.99. The highest BCUT2D eigenvalue weighted by atomic mass is 35.5. The van der Waals surface area contributed by atoms with Gasteiger partial charge in [0.1, 0.15) is 10.1 Å². The highest BCUT2D eigenvalue weighted by Crippen LogP contribution is 2.29. The maximum Gasteiger partial charge on any atom is 0.129 e. The van der Waals surface area contributed by atoms with Gasteiger partial charge in [-0.3, -0.25) is 0 Å². The van der Waals surface area contributed by atoms with Gasteiger partial charge in [0.2, 0.25) is 0 Å². The van der Waals surface area contributed by atoms with Crippen molar-refractivity contribution in [2.45, 2.75) is 10.1 Å². The lowest BCUT2D eigenvalue weighted by Crippen LogP contribution is -2.03. The number of halogens is 2. The van der Waals surface area contributed by atoms with Crippen LogP contribution in [0, 0.1) is 0 Å². The monoisotopic (exact) mass is 406 g/mol. The van der Waals surface area contributed by atoms with Crippen LogP contribution in [0.4, 0.5) is 0 Å². The van der Waals surface area contributed by atoms with Crippen molar-refractivity contribution in [3.8, 4) is 0 Å². The Labute approximate surface area is 161 Å². The minimum Gasteiger partial charge on any atom is -0.379 e. The van der Waals surface area contributed by atoms with E-state index in [0.717, 1.165) is 32.6 Å². The molecule has 2 aromatic rings. The summed E-state index contributed by atoms with van der Waals surface area (Å²) in [6, 6.07) is 7.91. The molecule has 0 radical (unpaired) electrons. The fourth-order valence-electron chi connectivity index (χ4n) is 1.86. The first-order chi connectivity index (χ1) is 11.8. The highest BCUT2D eigenvalue weighted by molar-refractivity contribution is 8.02. The van der Waals surface area contributed by atoms with E-state index in [0.29, 0.717) is 38.2 Å². The average Bonchev–Trinajstić information content (AvgIpc) is 2.61. The topological polar surface area (TPSA) is 44.2 Å². The fourth-order valence-corrected chi connectivity index (χ4v) is 3.89. The van der Waals surface area contributed by atoms with Crippen molar-refractivity contribution in [3.63, 3.8) is 0 Å². The van der Waals surface area contributed by atoms with E-state index in [9.17, 15) is 0 Å². The van der Waals surface area contributed by atoms with Crippen LogP contribution in [0.15, 0.2) is 34.3 Å². The summed E-state index contributed by atoms with van der Waals surface area (Å²) in [5.41, 5.74) is 1.81. The number of fused-ring (bicyclic) bond motifs is 1. The Morgan fingerprint density at radius 3 is 1.62 bits per heavy atom. The maximum atomic E-state index is 5.60. The molecule has 1 heterocycles. The summed E-state index contributed by atoms with van der Waals surface area (Å²) in [5, 5.41) is 1.87. The summed E-state index contributed by atoms with van der Waals surface area (Å²) in [7, 11) is 0. The lowest BCUT2D eigenvalue weighted by Gasteiger charge is -2.09. The number of hydrogen-bond acceptors (Lipinski definition) is 6. The van der Waals surface area contributed by atoms with Gasteiger partial charge in [-0.05, 0) is 12.1 Å². The van der Waals surface area contributed by atoms with Crippen molar-refractivity contribution in [2.24, 2.45) is 0 Å².